The van der Waals surface area contributed by atoms with Gasteiger partial charge >= 0.3 is 18.3 Å². The Bertz CT molecular complexity index is 970. The number of carbonyl (C=O) groups is 3. The van der Waals surface area contributed by atoms with E-state index in [-0.39, 0.29) is 0 Å². The lowest BCUT2D eigenvalue weighted by atomic mass is 10.0. The molecule has 0 radical (unpaired) electrons. The maximum Gasteiger partial charge on any atom is 0.410 e. The highest BCUT2D eigenvalue weighted by Crippen LogP contribution is 2.14. The number of hydrogen-bond acceptors (Lipinski definition) is 8. The van der Waals surface area contributed by atoms with Crippen LogP contribution in [-0.2, 0) is 14.2 Å². The first-order valence-corrected chi connectivity index (χ1v) is 20.3. The highest BCUT2D eigenvalue weighted by molar-refractivity contribution is 5.69. The van der Waals surface area contributed by atoms with Crippen LogP contribution in [-0.4, -0.2) is 102 Å². The molecule has 11 nitrogen and oxygen atoms in total. The van der Waals surface area contributed by atoms with Crippen molar-refractivity contribution in [2.75, 3.05) is 45.8 Å². The Hall–Kier alpha value is -2.53. The fraction of sp³-hybridized carbons (Fsp3) is 0.878. The molecule has 0 rings (SSSR count). The van der Waals surface area contributed by atoms with Gasteiger partial charge in [0.15, 0.2) is 0 Å². The molecule has 0 spiro atoms. The number of ether oxygens (including phenoxy) is 3. The van der Waals surface area contributed by atoms with Crippen LogP contribution in [0.25, 0.3) is 0 Å². The van der Waals surface area contributed by atoms with E-state index in [0.29, 0.717) is 58.7 Å². The van der Waals surface area contributed by atoms with E-state index in [4.69, 9.17) is 14.2 Å². The molecule has 0 aliphatic carbocycles. The van der Waals surface area contributed by atoms with Crippen LogP contribution in [0.5, 0.6) is 0 Å². The summed E-state index contributed by atoms with van der Waals surface area (Å²) >= 11 is 0. The van der Waals surface area contributed by atoms with Crippen molar-refractivity contribution in [2.24, 2.45) is 0 Å². The molecule has 1 unspecified atom stereocenters. The average molecular weight is 741 g/mol. The Morgan fingerprint density at radius 3 is 1.48 bits per heavy atom. The van der Waals surface area contributed by atoms with Crippen LogP contribution >= 0.6 is 0 Å². The van der Waals surface area contributed by atoms with Crippen LogP contribution in [0.4, 0.5) is 14.4 Å². The fourth-order valence-electron chi connectivity index (χ4n) is 5.46. The van der Waals surface area contributed by atoms with Crippen LogP contribution in [0, 0.1) is 0 Å². The van der Waals surface area contributed by atoms with Gasteiger partial charge in [0.25, 0.3) is 0 Å². The highest BCUT2D eigenvalue weighted by atomic mass is 16.6. The average Bonchev–Trinajstić information content (AvgIpc) is 3.00. The molecule has 0 aliphatic rings. The molecule has 52 heavy (non-hydrogen) atoms. The number of aliphatic hydroxyl groups excluding tert-OH is 1. The van der Waals surface area contributed by atoms with Gasteiger partial charge in [-0.3, -0.25) is 4.90 Å². The first-order chi connectivity index (χ1) is 24.3. The lowest BCUT2D eigenvalue weighted by Crippen LogP contribution is -2.39. The van der Waals surface area contributed by atoms with Crippen molar-refractivity contribution in [3.8, 4) is 0 Å². The molecule has 0 bridgehead atoms. The SMILES string of the molecule is CCCCCCCCCCCCCCC(O)CN(CC=CCN(CCCNC(=O)OC(C)(C)C)C(=O)OC(C)(C)C)CCCNC(=O)OC(C)(C)C. The maximum atomic E-state index is 13.0. The Labute approximate surface area is 318 Å². The summed E-state index contributed by atoms with van der Waals surface area (Å²) in [5, 5.41) is 16.5. The number of rotatable bonds is 27. The third-order valence-corrected chi connectivity index (χ3v) is 7.96. The molecule has 0 saturated carbocycles. The van der Waals surface area contributed by atoms with E-state index in [1.165, 1.54) is 64.2 Å². The molecule has 0 heterocycles. The molecule has 3 amide bonds. The number of hydrogen-bond donors (Lipinski definition) is 3. The minimum absolute atomic E-state index is 0.344. The van der Waals surface area contributed by atoms with Crippen molar-refractivity contribution in [1.29, 1.82) is 0 Å². The number of nitrogens with zero attached hydrogens (tertiary/aromatic N) is 2. The molecule has 3 N–H and O–H groups in total. The van der Waals surface area contributed by atoms with Crippen molar-refractivity contribution < 1.29 is 33.7 Å². The van der Waals surface area contributed by atoms with Crippen LogP contribution in [0.15, 0.2) is 12.2 Å². The van der Waals surface area contributed by atoms with E-state index in [1.54, 1.807) is 4.90 Å². The monoisotopic (exact) mass is 741 g/mol. The topological polar surface area (TPSA) is 130 Å². The molecule has 0 saturated heterocycles. The molecule has 0 aromatic carbocycles. The van der Waals surface area contributed by atoms with Gasteiger partial charge in [-0.05, 0) is 81.6 Å². The third-order valence-electron chi connectivity index (χ3n) is 7.96. The summed E-state index contributed by atoms with van der Waals surface area (Å²) in [7, 11) is 0. The smallest absolute Gasteiger partial charge is 0.410 e. The van der Waals surface area contributed by atoms with Gasteiger partial charge in [0.05, 0.1) is 6.10 Å². The number of alkyl carbamates (subject to hydrolysis) is 2. The quantitative estimate of drug-likeness (QED) is 0.0432. The maximum absolute atomic E-state index is 13.0. The zero-order valence-corrected chi connectivity index (χ0v) is 35.1. The van der Waals surface area contributed by atoms with Gasteiger partial charge in [0, 0.05) is 45.8 Å². The van der Waals surface area contributed by atoms with Gasteiger partial charge < -0.3 is 34.9 Å². The number of amides is 3. The minimum Gasteiger partial charge on any atom is -0.444 e. The minimum atomic E-state index is -0.637. The number of nitrogens with one attached hydrogen (secondary N) is 2. The summed E-state index contributed by atoms with van der Waals surface area (Å²) < 4.78 is 16.3. The van der Waals surface area contributed by atoms with Gasteiger partial charge in [0.2, 0.25) is 0 Å². The van der Waals surface area contributed by atoms with Gasteiger partial charge in [-0.2, -0.15) is 0 Å². The van der Waals surface area contributed by atoms with Crippen molar-refractivity contribution in [1.82, 2.24) is 20.4 Å². The zero-order chi connectivity index (χ0) is 39.5. The summed E-state index contributed by atoms with van der Waals surface area (Å²) in [5.74, 6) is 0. The van der Waals surface area contributed by atoms with Gasteiger partial charge in [-0.25, -0.2) is 14.4 Å². The molecule has 1 atom stereocenters. The van der Waals surface area contributed by atoms with Crippen molar-refractivity contribution in [3.05, 3.63) is 12.2 Å². The summed E-state index contributed by atoms with van der Waals surface area (Å²) in [4.78, 5) is 40.9. The van der Waals surface area contributed by atoms with Gasteiger partial charge in [-0.1, -0.05) is 96.1 Å². The Kier molecular flexibility index (Phi) is 26.6. The molecule has 0 fully saturated rings. The largest absolute Gasteiger partial charge is 0.444 e. The van der Waals surface area contributed by atoms with Crippen LogP contribution in [0.2, 0.25) is 0 Å². The lowest BCUT2D eigenvalue weighted by molar-refractivity contribution is 0.0269. The Morgan fingerprint density at radius 2 is 1.02 bits per heavy atom. The Balaban J connectivity index is 5.02. The second-order valence-electron chi connectivity index (χ2n) is 17.1. The van der Waals surface area contributed by atoms with Crippen LogP contribution in [0.3, 0.4) is 0 Å². The normalized spacial score (nSPS) is 12.9. The fourth-order valence-corrected chi connectivity index (χ4v) is 5.46. The predicted molar refractivity (Wildman–Crippen MR) is 213 cm³/mol. The van der Waals surface area contributed by atoms with Gasteiger partial charge in [0.1, 0.15) is 16.8 Å². The van der Waals surface area contributed by atoms with E-state index in [1.807, 2.05) is 74.5 Å². The number of aliphatic hydroxyl groups is 1. The molecule has 306 valence electrons. The van der Waals surface area contributed by atoms with Crippen molar-refractivity contribution >= 4 is 18.3 Å². The molecule has 0 aliphatic heterocycles. The van der Waals surface area contributed by atoms with Gasteiger partial charge in [-0.15, -0.1) is 0 Å². The third kappa shape index (κ3) is 33.3. The second kappa shape index (κ2) is 28.0. The summed E-state index contributed by atoms with van der Waals surface area (Å²) in [6, 6.07) is 0. The van der Waals surface area contributed by atoms with Crippen molar-refractivity contribution in [3.63, 3.8) is 0 Å². The molecule has 11 heteroatoms. The highest BCUT2D eigenvalue weighted by Gasteiger charge is 2.22. The number of unbranched alkanes of at least 4 members (excludes halogenated alkanes) is 11. The second-order valence-corrected chi connectivity index (χ2v) is 17.1. The summed E-state index contributed by atoms with van der Waals surface area (Å²) in [5.41, 5.74) is -1.77. The standard InChI is InChI=1S/C41H80N4O7/c1-11-12-13-14-15-16-17-18-19-20-21-22-27-35(46)34-44(31-25-28-42-36(47)50-39(2,3)4)30-23-24-32-45(38(49)52-41(8,9)10)33-26-29-43-37(48)51-40(5,6)7/h23-24,35,46H,11-22,25-34H2,1-10H3,(H,42,47)(H,43,48). The summed E-state index contributed by atoms with van der Waals surface area (Å²) in [6.45, 7) is 22.1. The van der Waals surface area contributed by atoms with E-state index in [2.05, 4.69) is 22.5 Å². The van der Waals surface area contributed by atoms with Crippen LogP contribution < -0.4 is 10.6 Å². The molecule has 0 aromatic rings. The first kappa shape index (κ1) is 49.5. The zero-order valence-electron chi connectivity index (χ0n) is 35.1. The number of carbonyl (C=O) groups excluding carboxylic acids is 3. The van der Waals surface area contributed by atoms with Crippen LogP contribution in [0.1, 0.15) is 166 Å². The molecular formula is C41H80N4O7. The van der Waals surface area contributed by atoms with E-state index >= 15 is 0 Å². The molecular weight excluding hydrogens is 660 g/mol. The first-order valence-electron chi connectivity index (χ1n) is 20.3. The van der Waals surface area contributed by atoms with E-state index in [0.717, 1.165) is 19.3 Å². The molecule has 0 aromatic heterocycles. The summed E-state index contributed by atoms with van der Waals surface area (Å²) in [6.07, 6.45) is 19.6. The van der Waals surface area contributed by atoms with E-state index < -0.39 is 41.2 Å². The van der Waals surface area contributed by atoms with Crippen molar-refractivity contribution in [2.45, 2.75) is 188 Å². The Morgan fingerprint density at radius 1 is 0.596 bits per heavy atom. The van der Waals surface area contributed by atoms with E-state index in [9.17, 15) is 19.5 Å². The predicted octanol–water partition coefficient (Wildman–Crippen LogP) is 9.36. The lowest BCUT2D eigenvalue weighted by Gasteiger charge is -2.27.